The summed E-state index contributed by atoms with van der Waals surface area (Å²) in [6, 6.07) is 0. The Morgan fingerprint density at radius 2 is 2.07 bits per heavy atom. The monoisotopic (exact) mass is 203 g/mol. The van der Waals surface area contributed by atoms with Gasteiger partial charge in [-0.3, -0.25) is 9.59 Å². The zero-order valence-electron chi connectivity index (χ0n) is 8.58. The van der Waals surface area contributed by atoms with Crippen molar-refractivity contribution in [2.24, 2.45) is 5.92 Å². The van der Waals surface area contributed by atoms with Crippen LogP contribution in [-0.4, -0.2) is 36.7 Å². The number of hydrogen-bond acceptors (Lipinski definition) is 3. The average Bonchev–Trinajstić information content (AvgIpc) is 2.08. The van der Waals surface area contributed by atoms with Crippen LogP contribution in [0, 0.1) is 5.92 Å². The van der Waals surface area contributed by atoms with Crippen LogP contribution in [0.5, 0.6) is 0 Å². The van der Waals surface area contributed by atoms with Crippen molar-refractivity contribution >= 4 is 11.9 Å². The number of carbonyl (C=O) groups is 2. The third-order valence-electron chi connectivity index (χ3n) is 1.36. The topological polar surface area (TPSA) is 75.6 Å². The molecule has 0 radical (unpaired) electrons. The molecule has 0 saturated carbocycles. The maximum absolute atomic E-state index is 10.9. The van der Waals surface area contributed by atoms with E-state index in [4.69, 9.17) is 9.84 Å². The number of amides is 1. The smallest absolute Gasteiger partial charge is 0.322 e. The van der Waals surface area contributed by atoms with E-state index in [1.54, 1.807) is 0 Å². The van der Waals surface area contributed by atoms with Crippen LogP contribution >= 0.6 is 0 Å². The Morgan fingerprint density at radius 3 is 2.57 bits per heavy atom. The van der Waals surface area contributed by atoms with E-state index in [9.17, 15) is 9.59 Å². The molecule has 0 bridgehead atoms. The highest BCUT2D eigenvalue weighted by molar-refractivity contribution is 5.81. The van der Waals surface area contributed by atoms with Gasteiger partial charge in [-0.05, 0) is 5.92 Å². The fourth-order valence-corrected chi connectivity index (χ4v) is 0.746. The van der Waals surface area contributed by atoms with Gasteiger partial charge in [-0.1, -0.05) is 13.8 Å². The van der Waals surface area contributed by atoms with Crippen LogP contribution in [0.1, 0.15) is 20.3 Å². The number of rotatable bonds is 7. The van der Waals surface area contributed by atoms with E-state index in [0.29, 0.717) is 19.1 Å². The van der Waals surface area contributed by atoms with Gasteiger partial charge in [0.15, 0.2) is 0 Å². The number of aliphatic carboxylic acids is 1. The number of nitrogens with one attached hydrogen (secondary N) is 1. The fraction of sp³-hybridized carbons (Fsp3) is 0.778. The summed E-state index contributed by atoms with van der Waals surface area (Å²) in [7, 11) is 0. The second kappa shape index (κ2) is 7.32. The third kappa shape index (κ3) is 8.99. The molecule has 0 aliphatic heterocycles. The normalized spacial score (nSPS) is 10.2. The molecule has 0 fully saturated rings. The molecule has 0 saturated heterocycles. The predicted molar refractivity (Wildman–Crippen MR) is 50.9 cm³/mol. The van der Waals surface area contributed by atoms with E-state index >= 15 is 0 Å². The van der Waals surface area contributed by atoms with Gasteiger partial charge in [0.2, 0.25) is 5.91 Å². The maximum Gasteiger partial charge on any atom is 0.322 e. The third-order valence-corrected chi connectivity index (χ3v) is 1.36. The van der Waals surface area contributed by atoms with Gasteiger partial charge in [-0.15, -0.1) is 0 Å². The summed E-state index contributed by atoms with van der Waals surface area (Å²) in [6.45, 7) is 4.66. The first-order valence-electron chi connectivity index (χ1n) is 4.58. The number of carbonyl (C=O) groups excluding carboxylic acids is 1. The zero-order valence-corrected chi connectivity index (χ0v) is 8.58. The van der Waals surface area contributed by atoms with E-state index in [0.717, 1.165) is 0 Å². The number of hydrogen-bond donors (Lipinski definition) is 2. The molecule has 0 heterocycles. The van der Waals surface area contributed by atoms with E-state index < -0.39 is 5.97 Å². The Hall–Kier alpha value is -1.10. The minimum absolute atomic E-state index is 0.208. The van der Waals surface area contributed by atoms with Crippen molar-refractivity contribution in [2.75, 3.05) is 19.8 Å². The second-order valence-corrected chi connectivity index (χ2v) is 3.39. The largest absolute Gasteiger partial charge is 0.480 e. The molecule has 14 heavy (non-hydrogen) atoms. The average molecular weight is 203 g/mol. The van der Waals surface area contributed by atoms with Crippen molar-refractivity contribution in [3.8, 4) is 0 Å². The van der Waals surface area contributed by atoms with Crippen LogP contribution in [0.4, 0.5) is 0 Å². The van der Waals surface area contributed by atoms with E-state index in [1.165, 1.54) is 0 Å². The number of ether oxygens (including phenoxy) is 1. The number of carboxylic acids is 1. The molecule has 0 atom stereocenters. The molecule has 0 aromatic carbocycles. The molecule has 0 aromatic rings. The summed E-state index contributed by atoms with van der Waals surface area (Å²) in [5.41, 5.74) is 0. The Bertz CT molecular complexity index is 191. The van der Waals surface area contributed by atoms with Crippen molar-refractivity contribution in [2.45, 2.75) is 20.3 Å². The molecular formula is C9H17NO4. The van der Waals surface area contributed by atoms with Gasteiger partial charge < -0.3 is 15.2 Å². The molecule has 0 aliphatic carbocycles. The van der Waals surface area contributed by atoms with Crippen LogP contribution in [0.3, 0.4) is 0 Å². The number of carboxylic acid groups (broad SMARTS) is 1. The molecule has 0 aliphatic rings. The van der Waals surface area contributed by atoms with Gasteiger partial charge in [0, 0.05) is 13.0 Å². The van der Waals surface area contributed by atoms with Crippen molar-refractivity contribution in [1.82, 2.24) is 5.32 Å². The lowest BCUT2D eigenvalue weighted by atomic mass is 10.2. The maximum atomic E-state index is 10.9. The van der Waals surface area contributed by atoms with E-state index in [1.807, 2.05) is 13.8 Å². The highest BCUT2D eigenvalue weighted by atomic mass is 16.5. The van der Waals surface area contributed by atoms with Crippen LogP contribution in [0.15, 0.2) is 0 Å². The first-order chi connectivity index (χ1) is 6.52. The first-order valence-corrected chi connectivity index (χ1v) is 4.58. The molecule has 82 valence electrons. The molecule has 1 amide bonds. The summed E-state index contributed by atoms with van der Waals surface area (Å²) in [4.78, 5) is 21.0. The Kier molecular flexibility index (Phi) is 6.74. The molecular weight excluding hydrogens is 186 g/mol. The first kappa shape index (κ1) is 12.9. The minimum atomic E-state index is -1.04. The summed E-state index contributed by atoms with van der Waals surface area (Å²) in [5.74, 6) is -0.894. The van der Waals surface area contributed by atoms with Gasteiger partial charge in [-0.2, -0.15) is 0 Å². The van der Waals surface area contributed by atoms with Crippen molar-refractivity contribution < 1.29 is 19.4 Å². The Balaban J connectivity index is 3.31. The Morgan fingerprint density at radius 1 is 1.43 bits per heavy atom. The fourth-order valence-electron chi connectivity index (χ4n) is 0.746. The second-order valence-electron chi connectivity index (χ2n) is 3.39. The van der Waals surface area contributed by atoms with Gasteiger partial charge in [-0.25, -0.2) is 0 Å². The van der Waals surface area contributed by atoms with E-state index in [-0.39, 0.29) is 18.9 Å². The molecule has 5 heteroatoms. The standard InChI is InChI=1S/C9H17NO4/c1-7(2)6-14-4-3-8(11)10-5-9(12)13/h7H,3-6H2,1-2H3,(H,10,11)(H,12,13). The lowest BCUT2D eigenvalue weighted by molar-refractivity contribution is -0.138. The van der Waals surface area contributed by atoms with Crippen LogP contribution in [0.2, 0.25) is 0 Å². The minimum Gasteiger partial charge on any atom is -0.480 e. The summed E-state index contributed by atoms with van der Waals surface area (Å²) in [5, 5.41) is 10.5. The van der Waals surface area contributed by atoms with Crippen molar-refractivity contribution in [1.29, 1.82) is 0 Å². The summed E-state index contributed by atoms with van der Waals surface area (Å²) < 4.78 is 5.16. The van der Waals surface area contributed by atoms with Crippen LogP contribution < -0.4 is 5.32 Å². The zero-order chi connectivity index (χ0) is 11.0. The lowest BCUT2D eigenvalue weighted by Gasteiger charge is -2.06. The summed E-state index contributed by atoms with van der Waals surface area (Å²) >= 11 is 0. The lowest BCUT2D eigenvalue weighted by Crippen LogP contribution is -2.29. The van der Waals surface area contributed by atoms with Gasteiger partial charge in [0.05, 0.1) is 6.61 Å². The van der Waals surface area contributed by atoms with Gasteiger partial charge in [0.1, 0.15) is 6.54 Å². The Labute approximate surface area is 83.4 Å². The predicted octanol–water partition coefficient (Wildman–Crippen LogP) is 0.250. The van der Waals surface area contributed by atoms with E-state index in [2.05, 4.69) is 5.32 Å². The van der Waals surface area contributed by atoms with Crippen LogP contribution in [-0.2, 0) is 14.3 Å². The molecule has 0 aromatic heterocycles. The summed E-state index contributed by atoms with van der Waals surface area (Å²) in [6.07, 6.45) is 0.208. The molecule has 0 unspecified atom stereocenters. The van der Waals surface area contributed by atoms with Crippen molar-refractivity contribution in [3.63, 3.8) is 0 Å². The SMILES string of the molecule is CC(C)COCCC(=O)NCC(=O)O. The van der Waals surface area contributed by atoms with Crippen molar-refractivity contribution in [3.05, 3.63) is 0 Å². The molecule has 5 nitrogen and oxygen atoms in total. The highest BCUT2D eigenvalue weighted by Gasteiger charge is 2.03. The highest BCUT2D eigenvalue weighted by Crippen LogP contribution is 1.93. The van der Waals surface area contributed by atoms with Gasteiger partial charge in [0.25, 0.3) is 0 Å². The molecule has 0 spiro atoms. The molecule has 0 rings (SSSR count). The van der Waals surface area contributed by atoms with Crippen LogP contribution in [0.25, 0.3) is 0 Å². The quantitative estimate of drug-likeness (QED) is 0.581. The van der Waals surface area contributed by atoms with Gasteiger partial charge >= 0.3 is 5.97 Å². The molecule has 2 N–H and O–H groups in total.